The fraction of sp³-hybridized carbons (Fsp3) is 0.115. The van der Waals surface area contributed by atoms with Gasteiger partial charge in [0.05, 0.1) is 29.6 Å². The Morgan fingerprint density at radius 1 is 1.00 bits per heavy atom. The molecule has 0 fully saturated rings. The highest BCUT2D eigenvalue weighted by atomic mass is 16.5. The molecule has 4 rings (SSSR count). The first-order valence-corrected chi connectivity index (χ1v) is 10.4. The highest BCUT2D eigenvalue weighted by molar-refractivity contribution is 6.22. The van der Waals surface area contributed by atoms with Crippen molar-refractivity contribution in [3.8, 4) is 5.88 Å². The van der Waals surface area contributed by atoms with Gasteiger partial charge in [-0.15, -0.1) is 0 Å². The van der Waals surface area contributed by atoms with Crippen LogP contribution in [0.2, 0.25) is 0 Å². The number of amides is 1. The van der Waals surface area contributed by atoms with Gasteiger partial charge >= 0.3 is 5.97 Å². The Hall–Kier alpha value is -4.39. The predicted molar refractivity (Wildman–Crippen MR) is 127 cm³/mol. The summed E-state index contributed by atoms with van der Waals surface area (Å²) >= 11 is 0. The number of aliphatic imine (C=N–C) groups is 1. The number of aryl methyl sites for hydroxylation is 1. The minimum absolute atomic E-state index is 0.0484. The van der Waals surface area contributed by atoms with E-state index in [0.717, 1.165) is 16.5 Å². The third-order valence-corrected chi connectivity index (χ3v) is 5.32. The van der Waals surface area contributed by atoms with E-state index in [0.29, 0.717) is 34.5 Å². The second-order valence-corrected chi connectivity index (χ2v) is 7.56. The number of H-pyrrole nitrogens is 1. The molecule has 7 heteroatoms. The molecule has 1 aromatic heterocycles. The standard InChI is InChI=1S/C26H23N3O4/c1-33-26(32)18-10-13-20-21(15-18)29-25(31)23(20)24(17-5-3-2-4-6-17)28-19-11-7-16(8-12-19)9-14-22(27)30/h2-8,10-13,15,29,31H,9,14H2,1H3,(H2,27,30). The van der Waals surface area contributed by atoms with Gasteiger partial charge in [-0.2, -0.15) is 0 Å². The highest BCUT2D eigenvalue weighted by Crippen LogP contribution is 2.32. The van der Waals surface area contributed by atoms with Crippen LogP contribution < -0.4 is 5.73 Å². The number of hydrogen-bond donors (Lipinski definition) is 3. The van der Waals surface area contributed by atoms with Gasteiger partial charge in [-0.3, -0.25) is 4.79 Å². The van der Waals surface area contributed by atoms with Crippen LogP contribution in [0.25, 0.3) is 10.9 Å². The van der Waals surface area contributed by atoms with Gasteiger partial charge in [-0.25, -0.2) is 9.79 Å². The Morgan fingerprint density at radius 2 is 1.73 bits per heavy atom. The summed E-state index contributed by atoms with van der Waals surface area (Å²) in [5.41, 5.74) is 9.82. The fourth-order valence-corrected chi connectivity index (χ4v) is 3.66. The van der Waals surface area contributed by atoms with Crippen LogP contribution in [0.1, 0.15) is 33.5 Å². The molecule has 4 aromatic rings. The van der Waals surface area contributed by atoms with Crippen LogP contribution in [0.5, 0.6) is 5.88 Å². The smallest absolute Gasteiger partial charge is 0.337 e. The number of primary amides is 1. The van der Waals surface area contributed by atoms with Crippen LogP contribution >= 0.6 is 0 Å². The van der Waals surface area contributed by atoms with Crippen LogP contribution in [0, 0.1) is 0 Å². The van der Waals surface area contributed by atoms with Crippen LogP contribution in [-0.4, -0.2) is 34.8 Å². The number of methoxy groups -OCH3 is 1. The molecule has 166 valence electrons. The molecular formula is C26H23N3O4. The summed E-state index contributed by atoms with van der Waals surface area (Å²) in [5, 5.41) is 11.5. The van der Waals surface area contributed by atoms with E-state index in [1.807, 2.05) is 54.6 Å². The number of carbonyl (C=O) groups excluding carboxylic acids is 2. The number of aromatic nitrogens is 1. The summed E-state index contributed by atoms with van der Waals surface area (Å²) in [5.74, 6) is -0.845. The summed E-state index contributed by atoms with van der Waals surface area (Å²) < 4.78 is 4.79. The second kappa shape index (κ2) is 9.40. The molecule has 0 radical (unpaired) electrons. The first kappa shape index (κ1) is 21.8. The zero-order valence-corrected chi connectivity index (χ0v) is 18.0. The summed E-state index contributed by atoms with van der Waals surface area (Å²) in [6, 6.07) is 22.1. The number of rotatable bonds is 7. The Balaban J connectivity index is 1.81. The lowest BCUT2D eigenvalue weighted by molar-refractivity contribution is -0.117. The monoisotopic (exact) mass is 441 g/mol. The predicted octanol–water partition coefficient (Wildman–Crippen LogP) is 4.25. The molecule has 0 atom stereocenters. The summed E-state index contributed by atoms with van der Waals surface area (Å²) in [6.07, 6.45) is 0.852. The van der Waals surface area contributed by atoms with E-state index >= 15 is 0 Å². The number of benzene rings is 3. The molecule has 0 saturated heterocycles. The molecule has 0 saturated carbocycles. The Morgan fingerprint density at radius 3 is 2.39 bits per heavy atom. The molecule has 33 heavy (non-hydrogen) atoms. The van der Waals surface area contributed by atoms with Gasteiger partial charge < -0.3 is 20.6 Å². The minimum Gasteiger partial charge on any atom is -0.494 e. The van der Waals surface area contributed by atoms with Gasteiger partial charge in [0.1, 0.15) is 0 Å². The lowest BCUT2D eigenvalue weighted by Crippen LogP contribution is -2.11. The largest absolute Gasteiger partial charge is 0.494 e. The first-order chi connectivity index (χ1) is 16.0. The second-order valence-electron chi connectivity index (χ2n) is 7.56. The van der Waals surface area contributed by atoms with Crippen molar-refractivity contribution in [2.75, 3.05) is 7.11 Å². The third-order valence-electron chi connectivity index (χ3n) is 5.32. The maximum absolute atomic E-state index is 11.9. The first-order valence-electron chi connectivity index (χ1n) is 10.4. The van der Waals surface area contributed by atoms with E-state index in [9.17, 15) is 14.7 Å². The molecule has 3 aromatic carbocycles. The molecule has 4 N–H and O–H groups in total. The molecule has 1 heterocycles. The van der Waals surface area contributed by atoms with Gasteiger partial charge in [0.2, 0.25) is 5.91 Å². The molecule has 0 unspecified atom stereocenters. The SMILES string of the molecule is COC(=O)c1ccc2c(C(=Nc3ccc(CCC(N)=O)cc3)c3ccccc3)c(O)[nH]c2c1. The Bertz CT molecular complexity index is 1340. The topological polar surface area (TPSA) is 118 Å². The summed E-state index contributed by atoms with van der Waals surface area (Å²) in [6.45, 7) is 0. The third kappa shape index (κ3) is 4.77. The van der Waals surface area contributed by atoms with Crippen molar-refractivity contribution < 1.29 is 19.4 Å². The molecule has 0 spiro atoms. The van der Waals surface area contributed by atoms with E-state index in [1.165, 1.54) is 7.11 Å². The number of carbonyl (C=O) groups is 2. The Labute approximate surface area is 190 Å². The number of ether oxygens (including phenoxy) is 1. The fourth-order valence-electron chi connectivity index (χ4n) is 3.66. The molecule has 0 aliphatic heterocycles. The van der Waals surface area contributed by atoms with Gasteiger partial charge in [0.15, 0.2) is 5.88 Å². The van der Waals surface area contributed by atoms with Crippen LogP contribution in [0.15, 0.2) is 77.8 Å². The van der Waals surface area contributed by atoms with Crippen molar-refractivity contribution in [1.82, 2.24) is 4.98 Å². The summed E-state index contributed by atoms with van der Waals surface area (Å²) in [4.78, 5) is 30.7. The number of nitrogens with two attached hydrogens (primary N) is 1. The van der Waals surface area contributed by atoms with Crippen molar-refractivity contribution in [2.24, 2.45) is 10.7 Å². The average molecular weight is 441 g/mol. The Kier molecular flexibility index (Phi) is 6.22. The van der Waals surface area contributed by atoms with Crippen molar-refractivity contribution in [1.29, 1.82) is 0 Å². The van der Waals surface area contributed by atoms with Crippen molar-refractivity contribution in [3.63, 3.8) is 0 Å². The lowest BCUT2D eigenvalue weighted by Gasteiger charge is -2.08. The van der Waals surface area contributed by atoms with E-state index < -0.39 is 5.97 Å². The normalized spacial score (nSPS) is 11.5. The van der Waals surface area contributed by atoms with E-state index in [4.69, 9.17) is 15.5 Å². The number of fused-ring (bicyclic) bond motifs is 1. The number of aromatic hydroxyl groups is 1. The number of nitrogens with zero attached hydrogens (tertiary/aromatic N) is 1. The van der Waals surface area contributed by atoms with Crippen LogP contribution in [-0.2, 0) is 16.0 Å². The quantitative estimate of drug-likeness (QED) is 0.293. The average Bonchev–Trinajstić information content (AvgIpc) is 3.16. The zero-order valence-electron chi connectivity index (χ0n) is 18.0. The van der Waals surface area contributed by atoms with Crippen molar-refractivity contribution in [2.45, 2.75) is 12.8 Å². The maximum Gasteiger partial charge on any atom is 0.337 e. The molecule has 0 bridgehead atoms. The number of hydrogen-bond acceptors (Lipinski definition) is 5. The van der Waals surface area contributed by atoms with E-state index in [1.54, 1.807) is 18.2 Å². The van der Waals surface area contributed by atoms with Crippen LogP contribution in [0.4, 0.5) is 5.69 Å². The van der Waals surface area contributed by atoms with Gasteiger partial charge in [0.25, 0.3) is 0 Å². The van der Waals surface area contributed by atoms with Crippen molar-refractivity contribution >= 4 is 34.2 Å². The highest BCUT2D eigenvalue weighted by Gasteiger charge is 2.20. The molecule has 7 nitrogen and oxygen atoms in total. The number of aromatic amines is 1. The van der Waals surface area contributed by atoms with E-state index in [-0.39, 0.29) is 18.2 Å². The van der Waals surface area contributed by atoms with Gasteiger partial charge in [-0.1, -0.05) is 48.5 Å². The molecular weight excluding hydrogens is 418 g/mol. The summed E-state index contributed by atoms with van der Waals surface area (Å²) in [7, 11) is 1.32. The number of nitrogens with one attached hydrogen (secondary N) is 1. The lowest BCUT2D eigenvalue weighted by atomic mass is 10.00. The molecule has 0 aliphatic carbocycles. The maximum atomic E-state index is 11.9. The van der Waals surface area contributed by atoms with Gasteiger partial charge in [0, 0.05) is 22.9 Å². The van der Waals surface area contributed by atoms with Crippen molar-refractivity contribution in [3.05, 3.63) is 95.1 Å². The van der Waals surface area contributed by atoms with E-state index in [2.05, 4.69) is 4.98 Å². The molecule has 0 aliphatic rings. The van der Waals surface area contributed by atoms with Gasteiger partial charge in [-0.05, 0) is 36.2 Å². The zero-order chi connectivity index (χ0) is 23.4. The van der Waals surface area contributed by atoms with Crippen LogP contribution in [0.3, 0.4) is 0 Å². The number of esters is 1. The molecule has 1 amide bonds. The minimum atomic E-state index is -0.457.